The fourth-order valence-electron chi connectivity index (χ4n) is 2.74. The number of nitrogens with one attached hydrogen (secondary N) is 1. The predicted molar refractivity (Wildman–Crippen MR) is 91.2 cm³/mol. The largest absolute Gasteiger partial charge is 0.380 e. The zero-order valence-electron chi connectivity index (χ0n) is 13.2. The summed E-state index contributed by atoms with van der Waals surface area (Å²) >= 11 is 6.15. The second-order valence-electron chi connectivity index (χ2n) is 6.35. The summed E-state index contributed by atoms with van der Waals surface area (Å²) in [5.74, 6) is 0. The molecule has 21 heavy (non-hydrogen) atoms. The Balaban J connectivity index is 2.07. The first-order chi connectivity index (χ1) is 9.88. The Labute approximate surface area is 132 Å². The smallest absolute Gasteiger partial charge is 0.152 e. The first-order valence-corrected chi connectivity index (χ1v) is 7.70. The summed E-state index contributed by atoms with van der Waals surface area (Å²) < 4.78 is 0. The van der Waals surface area contributed by atoms with Gasteiger partial charge >= 0.3 is 0 Å². The quantitative estimate of drug-likeness (QED) is 0.767. The number of rotatable bonds is 5. The lowest BCUT2D eigenvalue weighted by molar-refractivity contribution is 0.450. The summed E-state index contributed by atoms with van der Waals surface area (Å²) in [4.78, 5) is 4.19. The predicted octanol–water partition coefficient (Wildman–Crippen LogP) is 5.21. The van der Waals surface area contributed by atoms with Crippen LogP contribution in [0.5, 0.6) is 0 Å². The highest BCUT2D eigenvalue weighted by atomic mass is 35.5. The van der Waals surface area contributed by atoms with Gasteiger partial charge in [0.1, 0.15) is 0 Å². The average molecular weight is 303 g/mol. The number of halogens is 1. The van der Waals surface area contributed by atoms with Crippen LogP contribution in [0, 0.1) is 6.92 Å². The second-order valence-corrected chi connectivity index (χ2v) is 6.71. The van der Waals surface area contributed by atoms with E-state index < -0.39 is 0 Å². The molecule has 0 aliphatic rings. The highest BCUT2D eigenvalue weighted by Gasteiger charge is 2.23. The van der Waals surface area contributed by atoms with Crippen molar-refractivity contribution in [2.45, 2.75) is 45.6 Å². The van der Waals surface area contributed by atoms with Crippen molar-refractivity contribution in [2.24, 2.45) is 0 Å². The molecule has 1 unspecified atom stereocenters. The monoisotopic (exact) mass is 302 g/mol. The van der Waals surface area contributed by atoms with Gasteiger partial charge in [0.05, 0.1) is 5.69 Å². The van der Waals surface area contributed by atoms with Gasteiger partial charge in [-0.3, -0.25) is 0 Å². The van der Waals surface area contributed by atoms with Crippen LogP contribution in [0.2, 0.25) is 5.15 Å². The molecule has 2 nitrogen and oxygen atoms in total. The topological polar surface area (TPSA) is 24.9 Å². The molecule has 0 radical (unpaired) electrons. The third kappa shape index (κ3) is 4.21. The van der Waals surface area contributed by atoms with E-state index in [2.05, 4.69) is 61.4 Å². The zero-order valence-corrected chi connectivity index (χ0v) is 13.9. The van der Waals surface area contributed by atoms with E-state index in [1.165, 1.54) is 5.56 Å². The second kappa shape index (κ2) is 6.48. The average Bonchev–Trinajstić information content (AvgIpc) is 2.43. The van der Waals surface area contributed by atoms with E-state index in [-0.39, 0.29) is 5.41 Å². The first kappa shape index (κ1) is 15.8. The van der Waals surface area contributed by atoms with Gasteiger partial charge in [0.15, 0.2) is 5.15 Å². The van der Waals surface area contributed by atoms with Gasteiger partial charge in [0.25, 0.3) is 0 Å². The minimum absolute atomic E-state index is 0.109. The van der Waals surface area contributed by atoms with Crippen LogP contribution in [-0.4, -0.2) is 11.0 Å². The van der Waals surface area contributed by atoms with Gasteiger partial charge in [-0.15, -0.1) is 0 Å². The van der Waals surface area contributed by atoms with Gasteiger partial charge in [-0.05, 0) is 42.9 Å². The van der Waals surface area contributed by atoms with Crippen LogP contribution in [-0.2, 0) is 5.41 Å². The van der Waals surface area contributed by atoms with Gasteiger partial charge in [-0.25, -0.2) is 4.98 Å². The van der Waals surface area contributed by atoms with E-state index in [0.29, 0.717) is 11.2 Å². The number of pyridine rings is 1. The van der Waals surface area contributed by atoms with E-state index in [0.717, 1.165) is 17.7 Å². The van der Waals surface area contributed by atoms with Crippen molar-refractivity contribution in [1.82, 2.24) is 4.98 Å². The Bertz CT molecular complexity index is 593. The summed E-state index contributed by atoms with van der Waals surface area (Å²) in [5.41, 5.74) is 3.48. The van der Waals surface area contributed by atoms with Crippen molar-refractivity contribution in [3.63, 3.8) is 0 Å². The molecular formula is C18H23ClN2. The maximum atomic E-state index is 6.15. The minimum atomic E-state index is 0.109. The fourth-order valence-corrected chi connectivity index (χ4v) is 2.90. The molecule has 0 saturated carbocycles. The van der Waals surface area contributed by atoms with Crippen LogP contribution in [0.1, 0.15) is 38.3 Å². The highest BCUT2D eigenvalue weighted by molar-refractivity contribution is 6.31. The normalized spacial score (nSPS) is 13.0. The Morgan fingerprint density at radius 2 is 1.90 bits per heavy atom. The summed E-state index contributed by atoms with van der Waals surface area (Å²) in [6.07, 6.45) is 2.80. The molecule has 112 valence electrons. The number of aromatic nitrogens is 1. The Hall–Kier alpha value is -1.54. The lowest BCUT2D eigenvalue weighted by atomic mass is 9.79. The molecular weight excluding hydrogens is 280 g/mol. The van der Waals surface area contributed by atoms with Crippen molar-refractivity contribution in [1.29, 1.82) is 0 Å². The Morgan fingerprint density at radius 3 is 2.57 bits per heavy atom. The Morgan fingerprint density at radius 1 is 1.24 bits per heavy atom. The van der Waals surface area contributed by atoms with Crippen molar-refractivity contribution in [2.75, 3.05) is 5.32 Å². The molecule has 2 aromatic rings. The molecule has 1 atom stereocenters. The van der Waals surface area contributed by atoms with Crippen molar-refractivity contribution in [3.8, 4) is 0 Å². The fraction of sp³-hybridized carbons (Fsp3) is 0.389. The molecule has 0 bridgehead atoms. The summed E-state index contributed by atoms with van der Waals surface area (Å²) in [5, 5.41) is 4.01. The standard InChI is InChI=1S/C18H23ClN2/c1-13-10-16(17(19)20-12-13)21-14(2)11-18(3,4)15-8-6-5-7-9-15/h5-10,12,14,21H,11H2,1-4H3. The minimum Gasteiger partial charge on any atom is -0.380 e. The van der Waals surface area contributed by atoms with Crippen LogP contribution in [0.3, 0.4) is 0 Å². The molecule has 0 fully saturated rings. The number of benzene rings is 1. The third-order valence-corrected chi connectivity index (χ3v) is 4.05. The summed E-state index contributed by atoms with van der Waals surface area (Å²) in [6.45, 7) is 8.75. The SMILES string of the molecule is Cc1cnc(Cl)c(NC(C)CC(C)(C)c2ccccc2)c1. The van der Waals surface area contributed by atoms with Crippen LogP contribution in [0.25, 0.3) is 0 Å². The molecule has 0 spiro atoms. The number of anilines is 1. The van der Waals surface area contributed by atoms with Crippen molar-refractivity contribution in [3.05, 3.63) is 58.9 Å². The van der Waals surface area contributed by atoms with E-state index in [1.807, 2.05) is 13.0 Å². The van der Waals surface area contributed by atoms with Gasteiger partial charge in [0.2, 0.25) is 0 Å². The maximum absolute atomic E-state index is 6.15. The zero-order chi connectivity index (χ0) is 15.5. The highest BCUT2D eigenvalue weighted by Crippen LogP contribution is 2.30. The van der Waals surface area contributed by atoms with Gasteiger partial charge in [0, 0.05) is 12.2 Å². The van der Waals surface area contributed by atoms with Gasteiger partial charge in [-0.2, -0.15) is 0 Å². The van der Waals surface area contributed by atoms with Crippen LogP contribution in [0.15, 0.2) is 42.6 Å². The number of hydrogen-bond donors (Lipinski definition) is 1. The molecule has 0 amide bonds. The number of nitrogens with zero attached hydrogens (tertiary/aromatic N) is 1. The number of hydrogen-bond acceptors (Lipinski definition) is 2. The molecule has 2 rings (SSSR count). The molecule has 3 heteroatoms. The molecule has 1 aromatic heterocycles. The van der Waals surface area contributed by atoms with E-state index in [1.54, 1.807) is 6.20 Å². The first-order valence-electron chi connectivity index (χ1n) is 7.33. The van der Waals surface area contributed by atoms with Gasteiger partial charge < -0.3 is 5.32 Å². The lowest BCUT2D eigenvalue weighted by Crippen LogP contribution is -2.28. The van der Waals surface area contributed by atoms with E-state index in [4.69, 9.17) is 11.6 Å². The van der Waals surface area contributed by atoms with Crippen molar-refractivity contribution < 1.29 is 0 Å². The molecule has 1 aromatic carbocycles. The van der Waals surface area contributed by atoms with E-state index >= 15 is 0 Å². The molecule has 0 saturated heterocycles. The van der Waals surface area contributed by atoms with Crippen LogP contribution < -0.4 is 5.32 Å². The summed E-state index contributed by atoms with van der Waals surface area (Å²) in [6, 6.07) is 13.0. The molecule has 1 heterocycles. The molecule has 0 aliphatic heterocycles. The molecule has 0 aliphatic carbocycles. The maximum Gasteiger partial charge on any atom is 0.152 e. The lowest BCUT2D eigenvalue weighted by Gasteiger charge is -2.29. The van der Waals surface area contributed by atoms with Crippen LogP contribution >= 0.6 is 11.6 Å². The third-order valence-electron chi connectivity index (χ3n) is 3.75. The van der Waals surface area contributed by atoms with E-state index in [9.17, 15) is 0 Å². The van der Waals surface area contributed by atoms with Crippen molar-refractivity contribution >= 4 is 17.3 Å². The number of aryl methyl sites for hydroxylation is 1. The Kier molecular flexibility index (Phi) is 4.89. The van der Waals surface area contributed by atoms with Gasteiger partial charge in [-0.1, -0.05) is 55.8 Å². The molecule has 1 N–H and O–H groups in total. The summed E-state index contributed by atoms with van der Waals surface area (Å²) in [7, 11) is 0. The van der Waals surface area contributed by atoms with Crippen LogP contribution in [0.4, 0.5) is 5.69 Å².